The van der Waals surface area contributed by atoms with Gasteiger partial charge in [0, 0.05) is 12.7 Å². The summed E-state index contributed by atoms with van der Waals surface area (Å²) in [5.74, 6) is 0. The van der Waals surface area contributed by atoms with Crippen LogP contribution in [0, 0.1) is 11.3 Å². The average Bonchev–Trinajstić information content (AvgIpc) is 2.29. The molecule has 0 aliphatic rings. The zero-order chi connectivity index (χ0) is 10.9. The number of nitrogens with zero attached hydrogens (tertiary/aromatic N) is 2. The Labute approximate surface area is 91.1 Å². The minimum Gasteiger partial charge on any atom is -0.383 e. The maximum Gasteiger partial charge on any atom is 0.101 e. The summed E-state index contributed by atoms with van der Waals surface area (Å²) in [7, 11) is 0. The van der Waals surface area contributed by atoms with Crippen molar-refractivity contribution in [2.24, 2.45) is 0 Å². The summed E-state index contributed by atoms with van der Waals surface area (Å²) in [5, 5.41) is 12.1. The van der Waals surface area contributed by atoms with Crippen LogP contribution in [0.1, 0.15) is 38.2 Å². The summed E-state index contributed by atoms with van der Waals surface area (Å²) in [6.45, 7) is 3.11. The lowest BCUT2D eigenvalue weighted by Crippen LogP contribution is -2.03. The van der Waals surface area contributed by atoms with E-state index in [1.54, 1.807) is 18.5 Å². The zero-order valence-electron chi connectivity index (χ0n) is 9.16. The van der Waals surface area contributed by atoms with Gasteiger partial charge in [-0.1, -0.05) is 26.2 Å². The van der Waals surface area contributed by atoms with E-state index in [4.69, 9.17) is 5.26 Å². The van der Waals surface area contributed by atoms with E-state index in [-0.39, 0.29) is 0 Å². The highest BCUT2D eigenvalue weighted by Gasteiger charge is 1.99. The monoisotopic (exact) mass is 203 g/mol. The zero-order valence-corrected chi connectivity index (χ0v) is 9.16. The van der Waals surface area contributed by atoms with Gasteiger partial charge in [0.25, 0.3) is 0 Å². The van der Waals surface area contributed by atoms with Crippen LogP contribution in [0.3, 0.4) is 0 Å². The van der Waals surface area contributed by atoms with Gasteiger partial charge in [-0.25, -0.2) is 0 Å². The summed E-state index contributed by atoms with van der Waals surface area (Å²) >= 11 is 0. The molecule has 3 nitrogen and oxygen atoms in total. The van der Waals surface area contributed by atoms with Gasteiger partial charge in [0.2, 0.25) is 0 Å². The van der Waals surface area contributed by atoms with E-state index < -0.39 is 0 Å². The van der Waals surface area contributed by atoms with Crippen LogP contribution in [-0.2, 0) is 0 Å². The molecule has 3 heteroatoms. The first-order valence-electron chi connectivity index (χ1n) is 5.46. The third-order valence-corrected chi connectivity index (χ3v) is 2.29. The van der Waals surface area contributed by atoms with E-state index in [0.29, 0.717) is 5.56 Å². The fourth-order valence-corrected chi connectivity index (χ4v) is 1.41. The minimum atomic E-state index is 0.667. The molecule has 0 spiro atoms. The van der Waals surface area contributed by atoms with Gasteiger partial charge in [-0.05, 0) is 12.5 Å². The van der Waals surface area contributed by atoms with Crippen LogP contribution in [0.2, 0.25) is 0 Å². The second kappa shape index (κ2) is 6.83. The van der Waals surface area contributed by atoms with Gasteiger partial charge in [0.15, 0.2) is 0 Å². The Morgan fingerprint density at radius 1 is 1.40 bits per heavy atom. The summed E-state index contributed by atoms with van der Waals surface area (Å²) < 4.78 is 0. The molecular weight excluding hydrogens is 186 g/mol. The first kappa shape index (κ1) is 11.5. The highest BCUT2D eigenvalue weighted by Crippen LogP contribution is 2.11. The molecule has 15 heavy (non-hydrogen) atoms. The normalized spacial score (nSPS) is 9.60. The Bertz CT molecular complexity index is 328. The number of rotatable bonds is 6. The number of unbranched alkanes of at least 4 members (excludes halogenated alkanes) is 3. The largest absolute Gasteiger partial charge is 0.383 e. The van der Waals surface area contributed by atoms with Crippen molar-refractivity contribution in [2.75, 3.05) is 11.9 Å². The second-order valence-corrected chi connectivity index (χ2v) is 3.52. The number of pyridine rings is 1. The van der Waals surface area contributed by atoms with Crippen molar-refractivity contribution in [3.63, 3.8) is 0 Å². The molecule has 1 N–H and O–H groups in total. The Balaban J connectivity index is 2.34. The average molecular weight is 203 g/mol. The molecule has 0 saturated carbocycles. The first-order chi connectivity index (χ1) is 7.38. The Hall–Kier alpha value is -1.56. The number of hydrogen-bond donors (Lipinski definition) is 1. The molecule has 1 heterocycles. The van der Waals surface area contributed by atoms with Crippen LogP contribution in [0.5, 0.6) is 0 Å². The summed E-state index contributed by atoms with van der Waals surface area (Å²) in [5.41, 5.74) is 1.51. The van der Waals surface area contributed by atoms with Crippen molar-refractivity contribution < 1.29 is 0 Å². The molecule has 0 amide bonds. The van der Waals surface area contributed by atoms with E-state index in [1.165, 1.54) is 19.3 Å². The van der Waals surface area contributed by atoms with Crippen molar-refractivity contribution in [3.8, 4) is 6.07 Å². The number of aromatic nitrogens is 1. The maximum absolute atomic E-state index is 8.84. The molecule has 0 aliphatic carbocycles. The topological polar surface area (TPSA) is 48.7 Å². The summed E-state index contributed by atoms with van der Waals surface area (Å²) in [6, 6.07) is 3.88. The molecule has 0 saturated heterocycles. The van der Waals surface area contributed by atoms with Gasteiger partial charge < -0.3 is 5.32 Å². The van der Waals surface area contributed by atoms with Crippen LogP contribution >= 0.6 is 0 Å². The van der Waals surface area contributed by atoms with Gasteiger partial charge >= 0.3 is 0 Å². The number of hydrogen-bond acceptors (Lipinski definition) is 3. The van der Waals surface area contributed by atoms with E-state index in [0.717, 1.165) is 18.7 Å². The molecule has 0 atom stereocenters. The Morgan fingerprint density at radius 3 is 3.00 bits per heavy atom. The SMILES string of the molecule is CCCCCCNc1cnccc1C#N. The molecule has 1 aromatic rings. The van der Waals surface area contributed by atoms with Gasteiger partial charge in [0.05, 0.1) is 17.4 Å². The van der Waals surface area contributed by atoms with Gasteiger partial charge in [-0.15, -0.1) is 0 Å². The second-order valence-electron chi connectivity index (χ2n) is 3.52. The lowest BCUT2D eigenvalue weighted by Gasteiger charge is -2.06. The number of anilines is 1. The third-order valence-electron chi connectivity index (χ3n) is 2.29. The highest BCUT2D eigenvalue weighted by molar-refractivity contribution is 5.55. The van der Waals surface area contributed by atoms with E-state index >= 15 is 0 Å². The molecule has 0 aliphatic heterocycles. The van der Waals surface area contributed by atoms with Gasteiger partial charge in [-0.2, -0.15) is 5.26 Å². The molecule has 1 aromatic heterocycles. The van der Waals surface area contributed by atoms with Crippen molar-refractivity contribution >= 4 is 5.69 Å². The number of nitrogens with one attached hydrogen (secondary N) is 1. The van der Waals surface area contributed by atoms with Crippen LogP contribution in [0.15, 0.2) is 18.5 Å². The van der Waals surface area contributed by atoms with Crippen LogP contribution in [0.25, 0.3) is 0 Å². The van der Waals surface area contributed by atoms with Crippen molar-refractivity contribution in [1.82, 2.24) is 4.98 Å². The predicted octanol–water partition coefficient (Wildman–Crippen LogP) is 2.95. The quantitative estimate of drug-likeness (QED) is 0.723. The molecule has 0 bridgehead atoms. The third kappa shape index (κ3) is 3.99. The van der Waals surface area contributed by atoms with Gasteiger partial charge in [-0.3, -0.25) is 4.98 Å². The Morgan fingerprint density at radius 2 is 2.27 bits per heavy atom. The Kier molecular flexibility index (Phi) is 5.24. The van der Waals surface area contributed by atoms with Gasteiger partial charge in [0.1, 0.15) is 6.07 Å². The maximum atomic E-state index is 8.84. The highest BCUT2D eigenvalue weighted by atomic mass is 14.9. The van der Waals surface area contributed by atoms with Crippen molar-refractivity contribution in [1.29, 1.82) is 5.26 Å². The lowest BCUT2D eigenvalue weighted by molar-refractivity contribution is 0.685. The van der Waals surface area contributed by atoms with Crippen LogP contribution < -0.4 is 5.32 Å². The fourth-order valence-electron chi connectivity index (χ4n) is 1.41. The van der Waals surface area contributed by atoms with Crippen molar-refractivity contribution in [3.05, 3.63) is 24.0 Å². The molecule has 80 valence electrons. The lowest BCUT2D eigenvalue weighted by atomic mass is 10.2. The van der Waals surface area contributed by atoms with Crippen LogP contribution in [0.4, 0.5) is 5.69 Å². The van der Waals surface area contributed by atoms with Crippen LogP contribution in [-0.4, -0.2) is 11.5 Å². The molecule has 0 fully saturated rings. The number of nitriles is 1. The van der Waals surface area contributed by atoms with E-state index in [9.17, 15) is 0 Å². The minimum absolute atomic E-state index is 0.667. The standard InChI is InChI=1S/C12H17N3/c1-2-3-4-5-7-15-12-10-14-8-6-11(12)9-13/h6,8,10,15H,2-5,7H2,1H3. The molecule has 0 radical (unpaired) electrons. The summed E-state index contributed by atoms with van der Waals surface area (Å²) in [4.78, 5) is 3.99. The van der Waals surface area contributed by atoms with Crippen molar-refractivity contribution in [2.45, 2.75) is 32.6 Å². The smallest absolute Gasteiger partial charge is 0.101 e. The molecule has 0 unspecified atom stereocenters. The van der Waals surface area contributed by atoms with E-state index in [1.807, 2.05) is 0 Å². The van der Waals surface area contributed by atoms with E-state index in [2.05, 4.69) is 23.3 Å². The molecule has 1 rings (SSSR count). The first-order valence-corrected chi connectivity index (χ1v) is 5.46. The molecule has 0 aromatic carbocycles. The molecular formula is C12H17N3. The fraction of sp³-hybridized carbons (Fsp3) is 0.500. The summed E-state index contributed by atoms with van der Waals surface area (Å²) in [6.07, 6.45) is 8.26. The predicted molar refractivity (Wildman–Crippen MR) is 61.6 cm³/mol.